The van der Waals surface area contributed by atoms with Crippen LogP contribution in [0.2, 0.25) is 0 Å². The van der Waals surface area contributed by atoms with E-state index in [1.54, 1.807) is 20.8 Å². The molecule has 0 aliphatic rings. The first-order chi connectivity index (χ1) is 9.55. The van der Waals surface area contributed by atoms with Gasteiger partial charge >= 0.3 is 5.97 Å². The second-order valence-corrected chi connectivity index (χ2v) is 8.19. The standard InChI is InChI=1S/C13H20N2O4S2/c1-13(2,3)19-12(16)8-20-11-7-9(5-6-10(11)14)21(17,18)15-4/h5-7,15H,8,14H2,1-4H3. The Bertz CT molecular complexity index is 622. The number of hydrogen-bond acceptors (Lipinski definition) is 6. The number of nitrogens with one attached hydrogen (secondary N) is 1. The molecule has 0 fully saturated rings. The number of rotatable bonds is 5. The molecule has 0 saturated heterocycles. The molecule has 6 nitrogen and oxygen atoms in total. The van der Waals surface area contributed by atoms with Crippen LogP contribution in [0.25, 0.3) is 0 Å². The highest BCUT2D eigenvalue weighted by Gasteiger charge is 2.18. The molecule has 0 unspecified atom stereocenters. The highest BCUT2D eigenvalue weighted by Crippen LogP contribution is 2.28. The van der Waals surface area contributed by atoms with Gasteiger partial charge in [0.2, 0.25) is 10.0 Å². The largest absolute Gasteiger partial charge is 0.459 e. The van der Waals surface area contributed by atoms with Crippen LogP contribution in [0.3, 0.4) is 0 Å². The number of benzene rings is 1. The second kappa shape index (κ2) is 6.67. The van der Waals surface area contributed by atoms with Gasteiger partial charge in [0, 0.05) is 10.6 Å². The summed E-state index contributed by atoms with van der Waals surface area (Å²) in [7, 11) is -2.21. The van der Waals surface area contributed by atoms with Gasteiger partial charge in [-0.15, -0.1) is 11.8 Å². The fourth-order valence-corrected chi connectivity index (χ4v) is 3.04. The van der Waals surface area contributed by atoms with E-state index in [1.807, 2.05) is 0 Å². The maximum absolute atomic E-state index is 11.7. The second-order valence-electron chi connectivity index (χ2n) is 5.28. The van der Waals surface area contributed by atoms with Crippen molar-refractivity contribution in [3.8, 4) is 0 Å². The molecule has 0 atom stereocenters. The summed E-state index contributed by atoms with van der Waals surface area (Å²) in [6.07, 6.45) is 0. The van der Waals surface area contributed by atoms with E-state index < -0.39 is 15.6 Å². The first-order valence-electron chi connectivity index (χ1n) is 6.23. The molecule has 1 rings (SSSR count). The highest BCUT2D eigenvalue weighted by molar-refractivity contribution is 8.00. The number of thioether (sulfide) groups is 1. The Morgan fingerprint density at radius 3 is 2.52 bits per heavy atom. The third-order valence-corrected chi connectivity index (χ3v) is 4.79. The number of nitrogens with two attached hydrogens (primary N) is 1. The average Bonchev–Trinajstić information content (AvgIpc) is 2.35. The summed E-state index contributed by atoms with van der Waals surface area (Å²) in [5.74, 6) is -0.321. The monoisotopic (exact) mass is 332 g/mol. The van der Waals surface area contributed by atoms with Crippen LogP contribution in [0.1, 0.15) is 20.8 Å². The Balaban J connectivity index is 2.85. The molecule has 0 heterocycles. The quantitative estimate of drug-likeness (QED) is 0.483. The fourth-order valence-electron chi connectivity index (χ4n) is 1.43. The first kappa shape index (κ1) is 17.8. The Kier molecular flexibility index (Phi) is 5.66. The van der Waals surface area contributed by atoms with Crippen LogP contribution in [-0.2, 0) is 19.6 Å². The zero-order valence-corrected chi connectivity index (χ0v) is 14.1. The highest BCUT2D eigenvalue weighted by atomic mass is 32.2. The minimum atomic E-state index is -3.54. The molecule has 8 heteroatoms. The van der Waals surface area contributed by atoms with Crippen LogP contribution >= 0.6 is 11.8 Å². The van der Waals surface area contributed by atoms with E-state index in [1.165, 1.54) is 25.2 Å². The number of esters is 1. The molecule has 1 aromatic carbocycles. The number of hydrogen-bond donors (Lipinski definition) is 2. The van der Waals surface area contributed by atoms with Crippen molar-refractivity contribution in [2.45, 2.75) is 36.2 Å². The predicted octanol–water partition coefficient (Wildman–Crippen LogP) is 1.61. The van der Waals surface area contributed by atoms with Crippen molar-refractivity contribution in [1.29, 1.82) is 0 Å². The van der Waals surface area contributed by atoms with Crippen molar-refractivity contribution in [3.63, 3.8) is 0 Å². The van der Waals surface area contributed by atoms with E-state index in [4.69, 9.17) is 10.5 Å². The Hall–Kier alpha value is -1.25. The van der Waals surface area contributed by atoms with E-state index in [0.29, 0.717) is 10.6 Å². The van der Waals surface area contributed by atoms with E-state index in [2.05, 4.69) is 4.72 Å². The summed E-state index contributed by atoms with van der Waals surface area (Å²) in [6, 6.07) is 4.36. The molecule has 0 radical (unpaired) electrons. The summed E-state index contributed by atoms with van der Waals surface area (Å²) < 4.78 is 30.9. The lowest BCUT2D eigenvalue weighted by Gasteiger charge is -2.19. The van der Waals surface area contributed by atoms with Gasteiger partial charge in [-0.25, -0.2) is 13.1 Å². The van der Waals surface area contributed by atoms with E-state index in [0.717, 1.165) is 11.8 Å². The predicted molar refractivity (Wildman–Crippen MR) is 83.7 cm³/mol. The van der Waals surface area contributed by atoms with Crippen LogP contribution in [-0.4, -0.2) is 32.8 Å². The molecule has 0 spiro atoms. The number of anilines is 1. The van der Waals surface area contributed by atoms with Crippen LogP contribution < -0.4 is 10.5 Å². The topological polar surface area (TPSA) is 98.5 Å². The van der Waals surface area contributed by atoms with Crippen molar-refractivity contribution in [2.75, 3.05) is 18.5 Å². The normalized spacial score (nSPS) is 12.2. The molecule has 118 valence electrons. The summed E-state index contributed by atoms with van der Waals surface area (Å²) in [5, 5.41) is 0. The van der Waals surface area contributed by atoms with Gasteiger partial charge in [0.05, 0.1) is 10.6 Å². The molecular weight excluding hydrogens is 312 g/mol. The van der Waals surface area contributed by atoms with E-state index in [9.17, 15) is 13.2 Å². The van der Waals surface area contributed by atoms with Gasteiger partial charge < -0.3 is 10.5 Å². The number of carbonyl (C=O) groups is 1. The zero-order valence-electron chi connectivity index (χ0n) is 12.5. The molecule has 0 amide bonds. The van der Waals surface area contributed by atoms with Crippen molar-refractivity contribution in [1.82, 2.24) is 4.72 Å². The van der Waals surface area contributed by atoms with Crippen LogP contribution in [0.5, 0.6) is 0 Å². The van der Waals surface area contributed by atoms with Crippen molar-refractivity contribution < 1.29 is 17.9 Å². The summed E-state index contributed by atoms with van der Waals surface area (Å²) in [5.41, 5.74) is 5.66. The number of nitrogen functional groups attached to an aromatic ring is 1. The van der Waals surface area contributed by atoms with Crippen LogP contribution in [0.15, 0.2) is 28.0 Å². The van der Waals surface area contributed by atoms with Gasteiger partial charge in [0.25, 0.3) is 0 Å². The van der Waals surface area contributed by atoms with Crippen molar-refractivity contribution in [2.24, 2.45) is 0 Å². The van der Waals surface area contributed by atoms with E-state index in [-0.39, 0.29) is 16.6 Å². The van der Waals surface area contributed by atoms with Crippen molar-refractivity contribution in [3.05, 3.63) is 18.2 Å². The van der Waals surface area contributed by atoms with Gasteiger partial charge in [-0.1, -0.05) is 0 Å². The molecule has 1 aromatic rings. The Labute approximate surface area is 129 Å². The molecule has 0 aliphatic heterocycles. The molecule has 0 aliphatic carbocycles. The van der Waals surface area contributed by atoms with Gasteiger partial charge in [-0.2, -0.15) is 0 Å². The summed E-state index contributed by atoms with van der Waals surface area (Å²) in [4.78, 5) is 12.3. The van der Waals surface area contributed by atoms with E-state index >= 15 is 0 Å². The third kappa shape index (κ3) is 5.56. The van der Waals surface area contributed by atoms with Crippen LogP contribution in [0.4, 0.5) is 5.69 Å². The summed E-state index contributed by atoms with van der Waals surface area (Å²) >= 11 is 1.14. The maximum atomic E-state index is 11.7. The number of carbonyl (C=O) groups excluding carboxylic acids is 1. The van der Waals surface area contributed by atoms with Gasteiger partial charge in [0.1, 0.15) is 5.60 Å². The third-order valence-electron chi connectivity index (χ3n) is 2.33. The fraction of sp³-hybridized carbons (Fsp3) is 0.462. The molecule has 0 aromatic heterocycles. The van der Waals surface area contributed by atoms with Crippen molar-refractivity contribution >= 4 is 33.4 Å². The van der Waals surface area contributed by atoms with Crippen LogP contribution in [0, 0.1) is 0 Å². The number of sulfonamides is 1. The lowest BCUT2D eigenvalue weighted by atomic mass is 10.2. The maximum Gasteiger partial charge on any atom is 0.316 e. The first-order valence-corrected chi connectivity index (χ1v) is 8.70. The van der Waals surface area contributed by atoms with Gasteiger partial charge in [0.15, 0.2) is 0 Å². The molecule has 21 heavy (non-hydrogen) atoms. The average molecular weight is 332 g/mol. The minimum Gasteiger partial charge on any atom is -0.459 e. The zero-order chi connectivity index (χ0) is 16.3. The summed E-state index contributed by atoms with van der Waals surface area (Å²) in [6.45, 7) is 5.35. The lowest BCUT2D eigenvalue weighted by Crippen LogP contribution is -2.25. The molecule has 0 bridgehead atoms. The number of ether oxygens (including phenoxy) is 1. The van der Waals surface area contributed by atoms with Gasteiger partial charge in [-0.05, 0) is 46.0 Å². The Morgan fingerprint density at radius 2 is 2.00 bits per heavy atom. The SMILES string of the molecule is CNS(=O)(=O)c1ccc(N)c(SCC(=O)OC(C)(C)C)c1. The molecule has 3 N–H and O–H groups in total. The Morgan fingerprint density at radius 1 is 1.38 bits per heavy atom. The minimum absolute atomic E-state index is 0.0600. The van der Waals surface area contributed by atoms with Gasteiger partial charge in [-0.3, -0.25) is 4.79 Å². The molecule has 0 saturated carbocycles. The lowest BCUT2D eigenvalue weighted by molar-refractivity contribution is -0.151. The smallest absolute Gasteiger partial charge is 0.316 e. The molecular formula is C13H20N2O4S2.